The van der Waals surface area contributed by atoms with E-state index in [1.165, 1.54) is 30.2 Å². The van der Waals surface area contributed by atoms with Crippen LogP contribution in [0.15, 0.2) is 41.3 Å². The number of amides is 2. The predicted octanol–water partition coefficient (Wildman–Crippen LogP) is 5.00. The molecule has 1 heterocycles. The van der Waals surface area contributed by atoms with Crippen molar-refractivity contribution in [3.05, 3.63) is 52.4 Å². The van der Waals surface area contributed by atoms with E-state index in [-0.39, 0.29) is 17.1 Å². The second-order valence-electron chi connectivity index (χ2n) is 9.53. The van der Waals surface area contributed by atoms with Gasteiger partial charge in [0.2, 0.25) is 11.8 Å². The molecule has 0 saturated heterocycles. The summed E-state index contributed by atoms with van der Waals surface area (Å²) < 4.78 is 5.02. The summed E-state index contributed by atoms with van der Waals surface area (Å²) in [5.74, 6) is -1.87. The minimum atomic E-state index is -1.21. The Labute approximate surface area is 218 Å². The number of thioether (sulfide) groups is 1. The number of carbonyl (C=O) groups is 4. The third-order valence-corrected chi connectivity index (χ3v) is 8.14. The van der Waals surface area contributed by atoms with Crippen molar-refractivity contribution in [2.75, 3.05) is 23.5 Å². The van der Waals surface area contributed by atoms with Crippen LogP contribution in [0.4, 0.5) is 10.7 Å². The molecule has 0 aliphatic heterocycles. The van der Waals surface area contributed by atoms with Gasteiger partial charge in [-0.05, 0) is 54.4 Å². The van der Waals surface area contributed by atoms with Gasteiger partial charge in [-0.2, -0.15) is 0 Å². The molecule has 1 aromatic heterocycles. The Balaban J connectivity index is 1.67. The molecule has 36 heavy (non-hydrogen) atoms. The number of thiophene rings is 1. The Hall–Kier alpha value is -3.11. The number of ether oxygens (including phenoxy) is 1. The monoisotopic (exact) mass is 530 g/mol. The molecule has 8 nitrogen and oxygen atoms in total. The molecule has 1 unspecified atom stereocenters. The minimum absolute atomic E-state index is 0.101. The normalized spacial score (nSPS) is 15.3. The van der Waals surface area contributed by atoms with Gasteiger partial charge in [-0.1, -0.05) is 26.8 Å². The minimum Gasteiger partial charge on any atom is -0.478 e. The summed E-state index contributed by atoms with van der Waals surface area (Å²) >= 11 is 2.73. The molecule has 2 aromatic rings. The van der Waals surface area contributed by atoms with Gasteiger partial charge in [-0.15, -0.1) is 23.1 Å². The van der Waals surface area contributed by atoms with E-state index >= 15 is 0 Å². The Morgan fingerprint density at radius 3 is 2.61 bits per heavy atom. The molecule has 2 amide bonds. The summed E-state index contributed by atoms with van der Waals surface area (Å²) in [6.07, 6.45) is 4.33. The van der Waals surface area contributed by atoms with Crippen molar-refractivity contribution in [3.63, 3.8) is 0 Å². The highest BCUT2D eigenvalue weighted by molar-refractivity contribution is 8.00. The second kappa shape index (κ2) is 11.7. The van der Waals surface area contributed by atoms with Gasteiger partial charge >= 0.3 is 11.9 Å². The maximum absolute atomic E-state index is 12.8. The van der Waals surface area contributed by atoms with Gasteiger partial charge < -0.3 is 20.5 Å². The Bertz CT molecular complexity index is 1200. The van der Waals surface area contributed by atoms with Crippen LogP contribution < -0.4 is 10.6 Å². The van der Waals surface area contributed by atoms with Crippen LogP contribution in [-0.4, -0.2) is 41.7 Å². The number of esters is 1. The molecular formula is C26H30N2O6S2. The van der Waals surface area contributed by atoms with Crippen LogP contribution in [0.3, 0.4) is 0 Å². The third-order valence-electron chi connectivity index (χ3n) is 5.98. The van der Waals surface area contributed by atoms with Gasteiger partial charge in [0.25, 0.3) is 0 Å². The van der Waals surface area contributed by atoms with E-state index in [4.69, 9.17) is 9.84 Å². The zero-order chi connectivity index (χ0) is 26.5. The number of carbonyl (C=O) groups excluding carboxylic acids is 3. The Kier molecular flexibility index (Phi) is 8.97. The lowest BCUT2D eigenvalue weighted by Gasteiger charge is -2.33. The van der Waals surface area contributed by atoms with Gasteiger partial charge in [0.05, 0.1) is 18.4 Å². The number of hydrogen-bond acceptors (Lipinski definition) is 7. The second-order valence-corrected chi connectivity index (χ2v) is 11.7. The first kappa shape index (κ1) is 27.5. The van der Waals surface area contributed by atoms with Crippen LogP contribution >= 0.6 is 23.1 Å². The number of rotatable bonds is 8. The Morgan fingerprint density at radius 2 is 1.94 bits per heavy atom. The van der Waals surface area contributed by atoms with Crippen molar-refractivity contribution < 1.29 is 29.0 Å². The summed E-state index contributed by atoms with van der Waals surface area (Å²) in [7, 11) is 1.35. The maximum atomic E-state index is 12.8. The van der Waals surface area contributed by atoms with E-state index in [1.807, 2.05) is 0 Å². The lowest BCUT2D eigenvalue weighted by Crippen LogP contribution is -2.26. The van der Waals surface area contributed by atoms with Crippen molar-refractivity contribution in [3.8, 4) is 0 Å². The van der Waals surface area contributed by atoms with E-state index in [2.05, 4.69) is 31.4 Å². The van der Waals surface area contributed by atoms with Crippen molar-refractivity contribution in [2.45, 2.75) is 44.9 Å². The summed E-state index contributed by atoms with van der Waals surface area (Å²) in [4.78, 5) is 49.6. The predicted molar refractivity (Wildman–Crippen MR) is 142 cm³/mol. The number of carboxylic acid groups (broad SMARTS) is 1. The van der Waals surface area contributed by atoms with Crippen LogP contribution in [0.2, 0.25) is 0 Å². The SMILES string of the molecule is COC(=O)c1c(NC(=O)CSc2cccc(NC(=O)/C=C/C(=O)O)c2)sc2c1CCC(C(C)(C)C)C2. The van der Waals surface area contributed by atoms with Crippen molar-refractivity contribution >= 4 is 57.5 Å². The van der Waals surface area contributed by atoms with Crippen LogP contribution in [0.25, 0.3) is 0 Å². The van der Waals surface area contributed by atoms with Gasteiger partial charge in [0.15, 0.2) is 0 Å². The van der Waals surface area contributed by atoms with Crippen LogP contribution in [0.1, 0.15) is 48.0 Å². The number of methoxy groups -OCH3 is 1. The molecule has 0 bridgehead atoms. The molecule has 192 valence electrons. The van der Waals surface area contributed by atoms with E-state index in [0.717, 1.165) is 46.8 Å². The summed E-state index contributed by atoms with van der Waals surface area (Å²) in [6, 6.07) is 6.89. The molecule has 0 radical (unpaired) electrons. The number of nitrogens with one attached hydrogen (secondary N) is 2. The molecule has 1 atom stereocenters. The largest absolute Gasteiger partial charge is 0.478 e. The number of benzene rings is 1. The standard InChI is InChI=1S/C26H30N2O6S2/c1-26(2,3)15-8-9-18-19(12-15)36-24(23(18)25(33)34-4)28-21(30)14-35-17-7-5-6-16(13-17)27-20(29)10-11-22(31)32/h5-7,10-11,13,15H,8-9,12,14H2,1-4H3,(H,27,29)(H,28,30)(H,31,32)/b11-10+. The Morgan fingerprint density at radius 1 is 1.19 bits per heavy atom. The topological polar surface area (TPSA) is 122 Å². The molecule has 3 rings (SSSR count). The van der Waals surface area contributed by atoms with Crippen molar-refractivity contribution in [2.24, 2.45) is 11.3 Å². The van der Waals surface area contributed by atoms with Crippen LogP contribution in [-0.2, 0) is 32.0 Å². The number of carboxylic acids is 1. The summed E-state index contributed by atoms with van der Waals surface area (Å²) in [5, 5.41) is 14.6. The highest BCUT2D eigenvalue weighted by atomic mass is 32.2. The average Bonchev–Trinajstić information content (AvgIpc) is 3.17. The third kappa shape index (κ3) is 7.20. The van der Waals surface area contributed by atoms with Gasteiger partial charge in [0, 0.05) is 27.6 Å². The molecule has 1 aliphatic rings. The van der Waals surface area contributed by atoms with E-state index in [1.54, 1.807) is 24.3 Å². The van der Waals surface area contributed by atoms with Crippen molar-refractivity contribution in [1.82, 2.24) is 0 Å². The average molecular weight is 531 g/mol. The number of anilines is 2. The summed E-state index contributed by atoms with van der Waals surface area (Å²) in [5.41, 5.74) is 2.08. The molecule has 0 saturated carbocycles. The van der Waals surface area contributed by atoms with E-state index in [9.17, 15) is 19.2 Å². The fourth-order valence-electron chi connectivity index (χ4n) is 4.04. The lowest BCUT2D eigenvalue weighted by atomic mass is 9.72. The fourth-order valence-corrected chi connectivity index (χ4v) is 6.12. The van der Waals surface area contributed by atoms with Crippen LogP contribution in [0, 0.1) is 11.3 Å². The molecular weight excluding hydrogens is 500 g/mol. The highest BCUT2D eigenvalue weighted by Crippen LogP contribution is 2.44. The highest BCUT2D eigenvalue weighted by Gasteiger charge is 2.34. The van der Waals surface area contributed by atoms with E-state index in [0.29, 0.717) is 22.2 Å². The number of aliphatic carboxylic acids is 1. The molecule has 1 aromatic carbocycles. The molecule has 10 heteroatoms. The first-order valence-corrected chi connectivity index (χ1v) is 13.3. The molecule has 0 spiro atoms. The van der Waals surface area contributed by atoms with Gasteiger partial charge in [0.1, 0.15) is 5.00 Å². The number of hydrogen-bond donors (Lipinski definition) is 3. The molecule has 1 aliphatic carbocycles. The smallest absolute Gasteiger partial charge is 0.341 e. The zero-order valence-electron chi connectivity index (χ0n) is 20.7. The summed E-state index contributed by atoms with van der Waals surface area (Å²) in [6.45, 7) is 6.68. The zero-order valence-corrected chi connectivity index (χ0v) is 22.3. The first-order chi connectivity index (χ1) is 17.0. The maximum Gasteiger partial charge on any atom is 0.341 e. The fraction of sp³-hybridized carbons (Fsp3) is 0.385. The van der Waals surface area contributed by atoms with Crippen LogP contribution in [0.5, 0.6) is 0 Å². The molecule has 3 N–H and O–H groups in total. The first-order valence-electron chi connectivity index (χ1n) is 11.5. The van der Waals surface area contributed by atoms with E-state index < -0.39 is 17.8 Å². The lowest BCUT2D eigenvalue weighted by molar-refractivity contribution is -0.131. The van der Waals surface area contributed by atoms with Gasteiger partial charge in [-0.25, -0.2) is 9.59 Å². The number of fused-ring (bicyclic) bond motifs is 1. The van der Waals surface area contributed by atoms with Gasteiger partial charge in [-0.3, -0.25) is 9.59 Å². The molecule has 0 fully saturated rings. The van der Waals surface area contributed by atoms with Crippen molar-refractivity contribution in [1.29, 1.82) is 0 Å². The quantitative estimate of drug-likeness (QED) is 0.250.